The quantitative estimate of drug-likeness (QED) is 0.686. The Morgan fingerprint density at radius 2 is 2.06 bits per heavy atom. The molecule has 1 rings (SSSR count). The van der Waals surface area contributed by atoms with Crippen molar-refractivity contribution in [2.24, 2.45) is 0 Å². The third-order valence-corrected chi connectivity index (χ3v) is 3.12. The monoisotopic (exact) mass is 325 g/mol. The second-order valence-corrected chi connectivity index (χ2v) is 4.27. The van der Waals surface area contributed by atoms with Gasteiger partial charge in [0.25, 0.3) is 0 Å². The van der Waals surface area contributed by atoms with Crippen LogP contribution in [0.1, 0.15) is 18.1 Å². The van der Waals surface area contributed by atoms with Crippen LogP contribution in [0.3, 0.4) is 0 Å². The molecule has 0 bridgehead atoms. The average molecular weight is 326 g/mol. The normalized spacial score (nSPS) is 11.4. The number of nitrogens with two attached hydrogens (primary N) is 1. The molecule has 0 fully saturated rings. The van der Waals surface area contributed by atoms with E-state index in [0.29, 0.717) is 0 Å². The first-order valence-corrected chi connectivity index (χ1v) is 5.86. The van der Waals surface area contributed by atoms with Crippen LogP contribution in [0.4, 0.5) is 18.9 Å². The van der Waals surface area contributed by atoms with Crippen molar-refractivity contribution in [3.63, 3.8) is 0 Å². The van der Waals surface area contributed by atoms with Gasteiger partial charge in [-0.25, -0.2) is 0 Å². The molecule has 0 heterocycles. The number of hydrogen-bond acceptors (Lipinski definition) is 3. The number of alkyl halides is 3. The number of halogens is 4. The van der Waals surface area contributed by atoms with E-state index >= 15 is 0 Å². The molecule has 0 atom stereocenters. The van der Waals surface area contributed by atoms with Gasteiger partial charge in [0, 0.05) is 15.7 Å². The molecule has 1 aromatic carbocycles. The van der Waals surface area contributed by atoms with Gasteiger partial charge in [0.2, 0.25) is 0 Å². The predicted molar refractivity (Wildman–Crippen MR) is 63.9 cm³/mol. The van der Waals surface area contributed by atoms with Gasteiger partial charge in [0.15, 0.2) is 0 Å². The minimum atomic E-state index is -4.50. The number of ether oxygens (including phenoxy) is 1. The van der Waals surface area contributed by atoms with Gasteiger partial charge in [-0.1, -0.05) is 0 Å². The Morgan fingerprint density at radius 3 is 2.56 bits per heavy atom. The summed E-state index contributed by atoms with van der Waals surface area (Å²) in [6.07, 6.45) is -4.81. The molecule has 0 amide bonds. The van der Waals surface area contributed by atoms with Gasteiger partial charge >= 0.3 is 12.1 Å². The zero-order valence-corrected chi connectivity index (χ0v) is 11.1. The smallest absolute Gasteiger partial charge is 0.417 e. The van der Waals surface area contributed by atoms with E-state index in [1.165, 1.54) is 0 Å². The van der Waals surface area contributed by atoms with Gasteiger partial charge in [-0.3, -0.25) is 4.79 Å². The molecule has 0 spiro atoms. The lowest BCUT2D eigenvalue weighted by Gasteiger charge is -2.14. The third-order valence-electron chi connectivity index (χ3n) is 2.21. The molecule has 1 aromatic rings. The number of rotatable bonds is 3. The van der Waals surface area contributed by atoms with Gasteiger partial charge in [-0.05, 0) is 35.0 Å². The van der Waals surface area contributed by atoms with Crippen molar-refractivity contribution in [2.45, 2.75) is 19.5 Å². The average Bonchev–Trinajstić information content (AvgIpc) is 2.22. The highest BCUT2D eigenvalue weighted by Gasteiger charge is 2.34. The van der Waals surface area contributed by atoms with Crippen LogP contribution in [0.25, 0.3) is 0 Å². The Labute approximate surface area is 110 Å². The predicted octanol–water partition coefficient (Wildman–Crippen LogP) is 3.16. The number of esters is 1. The molecule has 7 heteroatoms. The molecule has 0 unspecified atom stereocenters. The first-order chi connectivity index (χ1) is 8.27. The Balaban J connectivity index is 3.15. The Morgan fingerprint density at radius 1 is 1.44 bits per heavy atom. The lowest BCUT2D eigenvalue weighted by molar-refractivity contribution is -0.143. The molecular formula is C11H11BrF3NO2. The third kappa shape index (κ3) is 3.38. The Hall–Kier alpha value is -1.24. The number of hydrogen-bond donors (Lipinski definition) is 1. The fraction of sp³-hybridized carbons (Fsp3) is 0.364. The van der Waals surface area contributed by atoms with E-state index in [0.717, 1.165) is 12.1 Å². The van der Waals surface area contributed by atoms with Crippen molar-refractivity contribution in [2.75, 3.05) is 12.3 Å². The van der Waals surface area contributed by atoms with Gasteiger partial charge in [-0.2, -0.15) is 13.2 Å². The van der Waals surface area contributed by atoms with Gasteiger partial charge in [0.05, 0.1) is 18.6 Å². The molecule has 0 aliphatic rings. The summed E-state index contributed by atoms with van der Waals surface area (Å²) in [6.45, 7) is 1.78. The van der Waals surface area contributed by atoms with Crippen molar-refractivity contribution in [3.05, 3.63) is 27.7 Å². The van der Waals surface area contributed by atoms with E-state index in [1.807, 2.05) is 0 Å². The summed E-state index contributed by atoms with van der Waals surface area (Å²) in [4.78, 5) is 11.3. The molecule has 2 N–H and O–H groups in total. The topological polar surface area (TPSA) is 52.3 Å². The van der Waals surface area contributed by atoms with Crippen molar-refractivity contribution >= 4 is 27.6 Å². The number of carbonyl (C=O) groups is 1. The maximum atomic E-state index is 12.7. The SMILES string of the molecule is CCOC(=O)Cc1c(N)ccc(C(F)(F)F)c1Br. The number of carbonyl (C=O) groups excluding carboxylic acids is 1. The molecule has 0 saturated heterocycles. The van der Waals surface area contributed by atoms with Crippen molar-refractivity contribution in [3.8, 4) is 0 Å². The van der Waals surface area contributed by atoms with Crippen molar-refractivity contribution in [1.29, 1.82) is 0 Å². The molecule has 0 aromatic heterocycles. The molecule has 0 aliphatic heterocycles. The summed E-state index contributed by atoms with van der Waals surface area (Å²) in [7, 11) is 0. The first kappa shape index (κ1) is 14.8. The molecule has 0 aliphatic carbocycles. The summed E-state index contributed by atoms with van der Waals surface area (Å²) in [5, 5.41) is 0. The molecule has 18 heavy (non-hydrogen) atoms. The van der Waals surface area contributed by atoms with E-state index in [9.17, 15) is 18.0 Å². The lowest BCUT2D eigenvalue weighted by atomic mass is 10.1. The number of anilines is 1. The minimum Gasteiger partial charge on any atom is -0.466 e. The summed E-state index contributed by atoms with van der Waals surface area (Å²) in [5.74, 6) is -0.621. The van der Waals surface area contributed by atoms with Crippen LogP contribution in [-0.4, -0.2) is 12.6 Å². The fourth-order valence-corrected chi connectivity index (χ4v) is 2.12. The summed E-state index contributed by atoms with van der Waals surface area (Å²) >= 11 is 2.84. The minimum absolute atomic E-state index is 0.0864. The van der Waals surface area contributed by atoms with Crippen molar-refractivity contribution in [1.82, 2.24) is 0 Å². The van der Waals surface area contributed by atoms with E-state index in [1.54, 1.807) is 6.92 Å². The van der Waals surface area contributed by atoms with Crippen LogP contribution in [-0.2, 0) is 22.1 Å². The highest BCUT2D eigenvalue weighted by Crippen LogP contribution is 2.38. The van der Waals surface area contributed by atoms with E-state index in [-0.39, 0.29) is 28.8 Å². The van der Waals surface area contributed by atoms with Crippen LogP contribution in [0.15, 0.2) is 16.6 Å². The van der Waals surface area contributed by atoms with Crippen LogP contribution in [0, 0.1) is 0 Å². The second kappa shape index (κ2) is 5.60. The highest BCUT2D eigenvalue weighted by atomic mass is 79.9. The molecule has 0 radical (unpaired) electrons. The number of nitrogen functional groups attached to an aromatic ring is 1. The van der Waals surface area contributed by atoms with Crippen molar-refractivity contribution < 1.29 is 22.7 Å². The van der Waals surface area contributed by atoms with Crippen LogP contribution < -0.4 is 5.73 Å². The number of benzene rings is 1. The maximum absolute atomic E-state index is 12.7. The van der Waals surface area contributed by atoms with E-state index < -0.39 is 17.7 Å². The zero-order chi connectivity index (χ0) is 13.9. The molecule has 0 saturated carbocycles. The Kier molecular flexibility index (Phi) is 4.61. The van der Waals surface area contributed by atoms with E-state index in [4.69, 9.17) is 5.73 Å². The maximum Gasteiger partial charge on any atom is 0.417 e. The molecule has 100 valence electrons. The van der Waals surface area contributed by atoms with Crippen LogP contribution in [0.5, 0.6) is 0 Å². The fourth-order valence-electron chi connectivity index (χ4n) is 1.39. The van der Waals surface area contributed by atoms with Crippen LogP contribution in [0.2, 0.25) is 0 Å². The van der Waals surface area contributed by atoms with Gasteiger partial charge in [0.1, 0.15) is 0 Å². The lowest BCUT2D eigenvalue weighted by Crippen LogP contribution is -2.13. The zero-order valence-electron chi connectivity index (χ0n) is 9.47. The largest absolute Gasteiger partial charge is 0.466 e. The second-order valence-electron chi connectivity index (χ2n) is 3.47. The molecular weight excluding hydrogens is 315 g/mol. The van der Waals surface area contributed by atoms with Gasteiger partial charge in [-0.15, -0.1) is 0 Å². The Bertz CT molecular complexity index is 460. The first-order valence-electron chi connectivity index (χ1n) is 5.07. The standard InChI is InChI=1S/C11H11BrF3NO2/c1-2-18-9(17)5-6-8(16)4-3-7(10(6)12)11(13,14)15/h3-4H,2,5,16H2,1H3. The molecule has 3 nitrogen and oxygen atoms in total. The summed E-state index contributed by atoms with van der Waals surface area (Å²) < 4.78 is 42.4. The summed E-state index contributed by atoms with van der Waals surface area (Å²) in [5.41, 5.74) is 4.91. The highest BCUT2D eigenvalue weighted by molar-refractivity contribution is 9.10. The van der Waals surface area contributed by atoms with E-state index in [2.05, 4.69) is 20.7 Å². The van der Waals surface area contributed by atoms with Gasteiger partial charge < -0.3 is 10.5 Å². The van der Waals surface area contributed by atoms with Crippen LogP contribution >= 0.6 is 15.9 Å². The summed E-state index contributed by atoms with van der Waals surface area (Å²) in [6, 6.07) is 2.00.